The normalized spacial score (nSPS) is 17.2. The summed E-state index contributed by atoms with van der Waals surface area (Å²) < 4.78 is 6.21. The summed E-state index contributed by atoms with van der Waals surface area (Å²) in [6.45, 7) is 6.36. The van der Waals surface area contributed by atoms with Gasteiger partial charge in [0.25, 0.3) is 0 Å². The second-order valence-electron chi connectivity index (χ2n) is 6.34. The van der Waals surface area contributed by atoms with Crippen LogP contribution in [0.3, 0.4) is 0 Å². The zero-order valence-electron chi connectivity index (χ0n) is 13.3. The summed E-state index contributed by atoms with van der Waals surface area (Å²) in [7, 11) is 0. The zero-order valence-corrected chi connectivity index (χ0v) is 13.3. The minimum atomic E-state index is 0.0580. The van der Waals surface area contributed by atoms with Crippen LogP contribution in [0.4, 0.5) is 11.4 Å². The van der Waals surface area contributed by atoms with E-state index in [1.54, 1.807) is 0 Å². The van der Waals surface area contributed by atoms with Crippen molar-refractivity contribution in [1.82, 2.24) is 0 Å². The van der Waals surface area contributed by atoms with E-state index in [1.807, 2.05) is 24.3 Å². The highest BCUT2D eigenvalue weighted by Gasteiger charge is 2.28. The molecule has 0 spiro atoms. The first-order chi connectivity index (χ1) is 10.6. The molecule has 2 aromatic carbocycles. The molecule has 0 amide bonds. The Balaban J connectivity index is 1.91. The van der Waals surface area contributed by atoms with Gasteiger partial charge in [0.2, 0.25) is 0 Å². The number of nitrogens with zero attached hydrogens (tertiary/aromatic N) is 1. The average Bonchev–Trinajstić information content (AvgIpc) is 2.53. The summed E-state index contributed by atoms with van der Waals surface area (Å²) in [5.41, 5.74) is 9.26. The second-order valence-corrected chi connectivity index (χ2v) is 6.34. The molecule has 1 unspecified atom stereocenters. The van der Waals surface area contributed by atoms with Crippen molar-refractivity contribution < 1.29 is 4.74 Å². The van der Waals surface area contributed by atoms with Crippen LogP contribution >= 0.6 is 0 Å². The Kier molecular flexibility index (Phi) is 4.23. The topological polar surface area (TPSA) is 38.5 Å². The molecule has 116 valence electrons. The van der Waals surface area contributed by atoms with Gasteiger partial charge in [-0.1, -0.05) is 50.2 Å². The van der Waals surface area contributed by atoms with Gasteiger partial charge in [0, 0.05) is 6.54 Å². The summed E-state index contributed by atoms with van der Waals surface area (Å²) in [6, 6.07) is 16.3. The van der Waals surface area contributed by atoms with Crippen LogP contribution in [0.15, 0.2) is 48.5 Å². The van der Waals surface area contributed by atoms with E-state index < -0.39 is 0 Å². The molecule has 0 aromatic heterocycles. The average molecular weight is 296 g/mol. The van der Waals surface area contributed by atoms with E-state index in [9.17, 15) is 0 Å². The minimum absolute atomic E-state index is 0.0580. The molecule has 3 rings (SSSR count). The lowest BCUT2D eigenvalue weighted by Gasteiger charge is -2.37. The number of anilines is 2. The molecule has 2 N–H and O–H groups in total. The molecule has 1 atom stereocenters. The van der Waals surface area contributed by atoms with Gasteiger partial charge in [-0.25, -0.2) is 0 Å². The molecule has 22 heavy (non-hydrogen) atoms. The number of nitrogens with two attached hydrogens (primary N) is 1. The third-order valence-electron chi connectivity index (χ3n) is 4.15. The van der Waals surface area contributed by atoms with E-state index in [0.717, 1.165) is 36.6 Å². The molecule has 0 saturated heterocycles. The Bertz CT molecular complexity index is 625. The van der Waals surface area contributed by atoms with Gasteiger partial charge in [-0.15, -0.1) is 0 Å². The number of hydrogen-bond donors (Lipinski definition) is 1. The zero-order chi connectivity index (χ0) is 15.5. The summed E-state index contributed by atoms with van der Waals surface area (Å²) in [6.07, 6.45) is 1.21. The lowest BCUT2D eigenvalue weighted by molar-refractivity contribution is 0.196. The van der Waals surface area contributed by atoms with Crippen LogP contribution in [0.1, 0.15) is 31.9 Å². The van der Waals surface area contributed by atoms with Crippen LogP contribution < -0.4 is 15.4 Å². The Hall–Kier alpha value is -2.16. The number of fused-ring (bicyclic) bond motifs is 1. The van der Waals surface area contributed by atoms with E-state index in [2.05, 4.69) is 43.0 Å². The van der Waals surface area contributed by atoms with Crippen LogP contribution in [0, 0.1) is 5.92 Å². The van der Waals surface area contributed by atoms with Crippen LogP contribution in [0.5, 0.6) is 5.75 Å². The Morgan fingerprint density at radius 3 is 2.64 bits per heavy atom. The van der Waals surface area contributed by atoms with Gasteiger partial charge in [-0.05, 0) is 30.0 Å². The van der Waals surface area contributed by atoms with Crippen molar-refractivity contribution in [3.05, 3.63) is 54.1 Å². The lowest BCUT2D eigenvalue weighted by atomic mass is 10.0. The Labute approximate surface area is 132 Å². The maximum absolute atomic E-state index is 6.21. The van der Waals surface area contributed by atoms with Crippen molar-refractivity contribution in [2.45, 2.75) is 26.4 Å². The molecule has 0 bridgehead atoms. The first-order valence-corrected chi connectivity index (χ1v) is 8.00. The van der Waals surface area contributed by atoms with Gasteiger partial charge in [-0.3, -0.25) is 0 Å². The molecule has 0 radical (unpaired) electrons. The smallest absolute Gasteiger partial charge is 0.145 e. The molecule has 0 aliphatic carbocycles. The molecule has 1 aliphatic rings. The van der Waals surface area contributed by atoms with E-state index in [1.165, 1.54) is 5.56 Å². The molecular weight excluding hydrogens is 272 g/mol. The van der Waals surface area contributed by atoms with Gasteiger partial charge in [0.1, 0.15) is 17.5 Å². The fraction of sp³-hybridized carbons (Fsp3) is 0.368. The van der Waals surface area contributed by atoms with Crippen LogP contribution in [-0.2, 0) is 0 Å². The SMILES string of the molecule is CC(C)CCN1CC(c2ccccc2)Oc2cccc(N)c21. The summed E-state index contributed by atoms with van der Waals surface area (Å²) in [5, 5.41) is 0. The third kappa shape index (κ3) is 3.03. The Morgan fingerprint density at radius 2 is 1.91 bits per heavy atom. The predicted molar refractivity (Wildman–Crippen MR) is 92.3 cm³/mol. The summed E-state index contributed by atoms with van der Waals surface area (Å²) >= 11 is 0. The minimum Gasteiger partial charge on any atom is -0.482 e. The molecule has 2 aromatic rings. The van der Waals surface area contributed by atoms with Crippen LogP contribution in [0.2, 0.25) is 0 Å². The molecule has 1 heterocycles. The Morgan fingerprint density at radius 1 is 1.14 bits per heavy atom. The first-order valence-electron chi connectivity index (χ1n) is 8.00. The van der Waals surface area contributed by atoms with Gasteiger partial charge in [0.15, 0.2) is 0 Å². The van der Waals surface area contributed by atoms with Crippen molar-refractivity contribution in [3.63, 3.8) is 0 Å². The van der Waals surface area contributed by atoms with Gasteiger partial charge < -0.3 is 15.4 Å². The second kappa shape index (κ2) is 6.30. The summed E-state index contributed by atoms with van der Waals surface area (Å²) in [5.74, 6) is 1.57. The van der Waals surface area contributed by atoms with Gasteiger partial charge in [0.05, 0.1) is 12.2 Å². The fourth-order valence-electron chi connectivity index (χ4n) is 2.91. The number of nitrogen functional groups attached to an aromatic ring is 1. The monoisotopic (exact) mass is 296 g/mol. The van der Waals surface area contributed by atoms with E-state index in [4.69, 9.17) is 10.5 Å². The van der Waals surface area contributed by atoms with Crippen LogP contribution in [0.25, 0.3) is 0 Å². The number of ether oxygens (including phenoxy) is 1. The van der Waals surface area contributed by atoms with Crippen molar-refractivity contribution in [3.8, 4) is 5.75 Å². The highest BCUT2D eigenvalue weighted by Crippen LogP contribution is 2.41. The van der Waals surface area contributed by atoms with Gasteiger partial charge in [-0.2, -0.15) is 0 Å². The highest BCUT2D eigenvalue weighted by atomic mass is 16.5. The number of hydrogen-bond acceptors (Lipinski definition) is 3. The van der Waals surface area contributed by atoms with Gasteiger partial charge >= 0.3 is 0 Å². The third-order valence-corrected chi connectivity index (χ3v) is 4.15. The van der Waals surface area contributed by atoms with Crippen molar-refractivity contribution in [2.75, 3.05) is 23.7 Å². The number of para-hydroxylation sites is 1. The van der Waals surface area contributed by atoms with Crippen molar-refractivity contribution >= 4 is 11.4 Å². The molecule has 3 nitrogen and oxygen atoms in total. The van der Waals surface area contributed by atoms with Crippen LogP contribution in [-0.4, -0.2) is 13.1 Å². The van der Waals surface area contributed by atoms with E-state index >= 15 is 0 Å². The lowest BCUT2D eigenvalue weighted by Crippen LogP contribution is -2.36. The number of benzene rings is 2. The maximum Gasteiger partial charge on any atom is 0.145 e. The molecule has 3 heteroatoms. The quantitative estimate of drug-likeness (QED) is 0.857. The standard InChI is InChI=1S/C19H24N2O/c1-14(2)11-12-21-13-18(15-7-4-3-5-8-15)22-17-10-6-9-16(20)19(17)21/h3-10,14,18H,11-13,20H2,1-2H3. The highest BCUT2D eigenvalue weighted by molar-refractivity contribution is 5.75. The van der Waals surface area contributed by atoms with Crippen molar-refractivity contribution in [1.29, 1.82) is 0 Å². The van der Waals surface area contributed by atoms with E-state index in [-0.39, 0.29) is 6.10 Å². The molecule has 0 saturated carbocycles. The fourth-order valence-corrected chi connectivity index (χ4v) is 2.91. The predicted octanol–water partition coefficient (Wildman–Crippen LogP) is 4.26. The number of rotatable bonds is 4. The molecule has 0 fully saturated rings. The first kappa shape index (κ1) is 14.8. The summed E-state index contributed by atoms with van der Waals surface area (Å²) in [4.78, 5) is 2.38. The maximum atomic E-state index is 6.21. The largest absolute Gasteiger partial charge is 0.482 e. The molecular formula is C19H24N2O. The molecule has 1 aliphatic heterocycles. The van der Waals surface area contributed by atoms with Crippen molar-refractivity contribution in [2.24, 2.45) is 5.92 Å². The van der Waals surface area contributed by atoms with E-state index in [0.29, 0.717) is 5.92 Å².